The van der Waals surface area contributed by atoms with Gasteiger partial charge in [0, 0.05) is 23.7 Å². The summed E-state index contributed by atoms with van der Waals surface area (Å²) in [6.07, 6.45) is 5.70. The third-order valence-electron chi connectivity index (χ3n) is 4.62. The summed E-state index contributed by atoms with van der Waals surface area (Å²) < 4.78 is 1.75. The fourth-order valence-corrected chi connectivity index (χ4v) is 4.01. The Morgan fingerprint density at radius 1 is 1.19 bits per heavy atom. The molecular formula is C19H18N4O3S. The van der Waals surface area contributed by atoms with Crippen molar-refractivity contribution >= 4 is 23.2 Å². The number of rotatable bonds is 4. The predicted molar refractivity (Wildman–Crippen MR) is 101 cm³/mol. The molecule has 0 radical (unpaired) electrons. The molecule has 3 heterocycles. The number of para-hydroxylation sites is 1. The molecule has 0 aliphatic carbocycles. The summed E-state index contributed by atoms with van der Waals surface area (Å²) >= 11 is 1.35. The molecule has 1 amide bonds. The zero-order valence-corrected chi connectivity index (χ0v) is 15.3. The quantitative estimate of drug-likeness (QED) is 0.749. The van der Waals surface area contributed by atoms with Crippen molar-refractivity contribution in [3.05, 3.63) is 53.8 Å². The van der Waals surface area contributed by atoms with Crippen LogP contribution in [0.4, 0.5) is 0 Å². The molecular weight excluding hydrogens is 364 g/mol. The molecule has 0 saturated carbocycles. The molecule has 1 N–H and O–H groups in total. The van der Waals surface area contributed by atoms with Crippen molar-refractivity contribution in [1.29, 1.82) is 0 Å². The van der Waals surface area contributed by atoms with Gasteiger partial charge in [-0.1, -0.05) is 18.2 Å². The Balaban J connectivity index is 1.56. The lowest BCUT2D eigenvalue weighted by atomic mass is 10.0. The number of aliphatic carboxylic acids is 1. The number of benzene rings is 1. The molecule has 1 aliphatic heterocycles. The SMILES string of the molecule is O=C(O)C1CCCCN1C(=O)c1csc(-c2cnn(-c3ccccc3)c2)n1. The molecule has 7 nitrogen and oxygen atoms in total. The summed E-state index contributed by atoms with van der Waals surface area (Å²) in [7, 11) is 0. The number of nitrogens with zero attached hydrogens (tertiary/aromatic N) is 4. The standard InChI is InChI=1S/C19H18N4O3S/c24-18(22-9-5-4-8-16(22)19(25)26)15-12-27-17(21-15)13-10-20-23(11-13)14-6-2-1-3-7-14/h1-3,6-7,10-12,16H,4-5,8-9H2,(H,25,26). The first-order valence-corrected chi connectivity index (χ1v) is 9.61. The van der Waals surface area contributed by atoms with Crippen LogP contribution in [0.5, 0.6) is 0 Å². The number of amides is 1. The van der Waals surface area contributed by atoms with Gasteiger partial charge in [0.05, 0.1) is 11.9 Å². The van der Waals surface area contributed by atoms with E-state index in [2.05, 4.69) is 10.1 Å². The molecule has 1 aromatic carbocycles. The van der Waals surface area contributed by atoms with E-state index >= 15 is 0 Å². The third kappa shape index (κ3) is 3.48. The average molecular weight is 382 g/mol. The van der Waals surface area contributed by atoms with Gasteiger partial charge in [-0.3, -0.25) is 4.79 Å². The normalized spacial score (nSPS) is 17.0. The monoisotopic (exact) mass is 382 g/mol. The maximum absolute atomic E-state index is 12.8. The van der Waals surface area contributed by atoms with Crippen molar-refractivity contribution in [3.8, 4) is 16.3 Å². The fraction of sp³-hybridized carbons (Fsp3) is 0.263. The van der Waals surface area contributed by atoms with Gasteiger partial charge >= 0.3 is 5.97 Å². The summed E-state index contributed by atoms with van der Waals surface area (Å²) in [5.41, 5.74) is 2.04. The van der Waals surface area contributed by atoms with Gasteiger partial charge in [-0.25, -0.2) is 14.5 Å². The molecule has 4 rings (SSSR count). The number of hydrogen-bond donors (Lipinski definition) is 1. The Morgan fingerprint density at radius 3 is 2.78 bits per heavy atom. The molecule has 138 valence electrons. The number of aromatic nitrogens is 3. The molecule has 8 heteroatoms. The second-order valence-electron chi connectivity index (χ2n) is 6.40. The van der Waals surface area contributed by atoms with E-state index in [1.54, 1.807) is 16.3 Å². The highest BCUT2D eigenvalue weighted by atomic mass is 32.1. The van der Waals surface area contributed by atoms with Crippen LogP contribution in [0, 0.1) is 0 Å². The number of carboxylic acid groups (broad SMARTS) is 1. The van der Waals surface area contributed by atoms with Crippen LogP contribution in [0.1, 0.15) is 29.8 Å². The number of hydrogen-bond acceptors (Lipinski definition) is 5. The Hall–Kier alpha value is -3.00. The first-order chi connectivity index (χ1) is 13.1. The highest BCUT2D eigenvalue weighted by molar-refractivity contribution is 7.13. The molecule has 2 aromatic heterocycles. The predicted octanol–water partition coefficient (Wildman–Crippen LogP) is 3.08. The van der Waals surface area contributed by atoms with Crippen LogP contribution in [0.2, 0.25) is 0 Å². The summed E-state index contributed by atoms with van der Waals surface area (Å²) in [6, 6.07) is 8.96. The lowest BCUT2D eigenvalue weighted by Gasteiger charge is -2.32. The maximum atomic E-state index is 12.8. The van der Waals surface area contributed by atoms with Crippen LogP contribution in [-0.4, -0.2) is 49.2 Å². The van der Waals surface area contributed by atoms with E-state index in [1.165, 1.54) is 16.2 Å². The molecule has 1 unspecified atom stereocenters. The van der Waals surface area contributed by atoms with E-state index in [9.17, 15) is 14.7 Å². The summed E-state index contributed by atoms with van der Waals surface area (Å²) in [6.45, 7) is 0.453. The van der Waals surface area contributed by atoms with Gasteiger partial charge in [0.1, 0.15) is 16.7 Å². The largest absolute Gasteiger partial charge is 0.480 e. The molecule has 1 saturated heterocycles. The van der Waals surface area contributed by atoms with Gasteiger partial charge < -0.3 is 10.0 Å². The first-order valence-electron chi connectivity index (χ1n) is 8.73. The number of piperidine rings is 1. The van der Waals surface area contributed by atoms with Crippen molar-refractivity contribution in [1.82, 2.24) is 19.7 Å². The average Bonchev–Trinajstić information content (AvgIpc) is 3.37. The Labute approximate surface area is 159 Å². The van der Waals surface area contributed by atoms with Crippen LogP contribution < -0.4 is 0 Å². The van der Waals surface area contributed by atoms with Crippen molar-refractivity contribution in [2.45, 2.75) is 25.3 Å². The van der Waals surface area contributed by atoms with Crippen molar-refractivity contribution in [2.24, 2.45) is 0 Å². The Bertz CT molecular complexity index is 966. The molecule has 0 spiro atoms. The second-order valence-corrected chi connectivity index (χ2v) is 7.25. The van der Waals surface area contributed by atoms with Crippen LogP contribution in [0.25, 0.3) is 16.3 Å². The second kappa shape index (κ2) is 7.32. The lowest BCUT2D eigenvalue weighted by molar-refractivity contribution is -0.143. The molecule has 1 fully saturated rings. The van der Waals surface area contributed by atoms with Gasteiger partial charge in [0.25, 0.3) is 5.91 Å². The zero-order valence-electron chi connectivity index (χ0n) is 14.5. The van der Waals surface area contributed by atoms with Crippen molar-refractivity contribution in [3.63, 3.8) is 0 Å². The van der Waals surface area contributed by atoms with E-state index < -0.39 is 12.0 Å². The minimum Gasteiger partial charge on any atom is -0.480 e. The minimum absolute atomic E-state index is 0.288. The van der Waals surface area contributed by atoms with Crippen molar-refractivity contribution < 1.29 is 14.7 Å². The van der Waals surface area contributed by atoms with Gasteiger partial charge in [-0.2, -0.15) is 5.10 Å². The molecule has 1 atom stereocenters. The van der Waals surface area contributed by atoms with Gasteiger partial charge in [0.15, 0.2) is 0 Å². The first kappa shape index (κ1) is 17.4. The van der Waals surface area contributed by atoms with E-state index in [0.717, 1.165) is 24.1 Å². The van der Waals surface area contributed by atoms with Crippen LogP contribution >= 0.6 is 11.3 Å². The highest BCUT2D eigenvalue weighted by Gasteiger charge is 2.33. The van der Waals surface area contributed by atoms with Gasteiger partial charge in [0.2, 0.25) is 0 Å². The molecule has 3 aromatic rings. The van der Waals surface area contributed by atoms with Crippen LogP contribution in [0.15, 0.2) is 48.1 Å². The Kier molecular flexibility index (Phi) is 4.72. The summed E-state index contributed by atoms with van der Waals surface area (Å²) in [4.78, 5) is 30.1. The van der Waals surface area contributed by atoms with Gasteiger partial charge in [-0.05, 0) is 31.4 Å². The summed E-state index contributed by atoms with van der Waals surface area (Å²) in [5.74, 6) is -1.28. The number of carboxylic acids is 1. The maximum Gasteiger partial charge on any atom is 0.326 e. The van der Waals surface area contributed by atoms with Crippen LogP contribution in [0.3, 0.4) is 0 Å². The fourth-order valence-electron chi connectivity index (χ4n) is 3.24. The topological polar surface area (TPSA) is 88.3 Å². The van der Waals surface area contributed by atoms with Crippen molar-refractivity contribution in [2.75, 3.05) is 6.54 Å². The number of thiazole rings is 1. The van der Waals surface area contributed by atoms with E-state index in [1.807, 2.05) is 36.5 Å². The van der Waals surface area contributed by atoms with E-state index in [-0.39, 0.29) is 11.6 Å². The number of carbonyl (C=O) groups excluding carboxylic acids is 1. The van der Waals surface area contributed by atoms with Gasteiger partial charge in [-0.15, -0.1) is 11.3 Å². The van der Waals surface area contributed by atoms with E-state index in [4.69, 9.17) is 0 Å². The zero-order chi connectivity index (χ0) is 18.8. The van der Waals surface area contributed by atoms with Crippen LogP contribution in [-0.2, 0) is 4.79 Å². The lowest BCUT2D eigenvalue weighted by Crippen LogP contribution is -2.48. The third-order valence-corrected chi connectivity index (χ3v) is 5.51. The minimum atomic E-state index is -0.956. The smallest absolute Gasteiger partial charge is 0.326 e. The van der Waals surface area contributed by atoms with E-state index in [0.29, 0.717) is 18.0 Å². The number of carbonyl (C=O) groups is 2. The highest BCUT2D eigenvalue weighted by Crippen LogP contribution is 2.26. The Morgan fingerprint density at radius 2 is 2.00 bits per heavy atom. The summed E-state index contributed by atoms with van der Waals surface area (Å²) in [5, 5.41) is 16.1. The molecule has 27 heavy (non-hydrogen) atoms. The number of likely N-dealkylation sites (tertiary alicyclic amines) is 1. The molecule has 0 bridgehead atoms. The molecule has 1 aliphatic rings.